The number of hydrogen-bond donors (Lipinski definition) is 0. The fraction of sp³-hybridized carbons (Fsp3) is 0.412. The van der Waals surface area contributed by atoms with Gasteiger partial charge in [0.05, 0.1) is 30.4 Å². The van der Waals surface area contributed by atoms with Crippen molar-refractivity contribution in [3.05, 3.63) is 86.5 Å². The van der Waals surface area contributed by atoms with E-state index in [-0.39, 0.29) is 35.5 Å². The van der Waals surface area contributed by atoms with Crippen LogP contribution in [0.2, 0.25) is 0 Å². The number of alkyl halides is 6. The first-order chi connectivity index (χ1) is 22.2. The molecule has 1 amide bonds. The van der Waals surface area contributed by atoms with Gasteiger partial charge in [0.15, 0.2) is 17.7 Å². The molecule has 2 aliphatic heterocycles. The summed E-state index contributed by atoms with van der Waals surface area (Å²) in [5, 5.41) is 0. The van der Waals surface area contributed by atoms with Crippen LogP contribution in [0.4, 0.5) is 35.1 Å². The number of amides is 1. The van der Waals surface area contributed by atoms with Crippen molar-refractivity contribution >= 4 is 11.9 Å². The third-order valence-electron chi connectivity index (χ3n) is 8.23. The first-order valence-electron chi connectivity index (χ1n) is 14.9. The van der Waals surface area contributed by atoms with Crippen molar-refractivity contribution in [3.8, 4) is 16.9 Å². The lowest BCUT2D eigenvalue weighted by Gasteiger charge is -2.33. The van der Waals surface area contributed by atoms with Gasteiger partial charge in [0.2, 0.25) is 0 Å². The molecule has 2 heterocycles. The van der Waals surface area contributed by atoms with Gasteiger partial charge in [-0.15, -0.1) is 0 Å². The third kappa shape index (κ3) is 6.46. The predicted octanol–water partition coefficient (Wildman–Crippen LogP) is 8.49. The van der Waals surface area contributed by atoms with E-state index in [9.17, 15) is 14.0 Å². The summed E-state index contributed by atoms with van der Waals surface area (Å²) in [4.78, 5) is 27.4. The van der Waals surface area contributed by atoms with E-state index in [1.807, 2.05) is 0 Å². The van der Waals surface area contributed by atoms with Gasteiger partial charge in [0.1, 0.15) is 5.82 Å². The second kappa shape index (κ2) is 12.4. The Hall–Kier alpha value is -4.20. The number of rotatable bonds is 5. The van der Waals surface area contributed by atoms with Gasteiger partial charge in [-0.2, -0.15) is 26.3 Å². The molecule has 0 radical (unpaired) electrons. The van der Waals surface area contributed by atoms with Crippen molar-refractivity contribution in [3.63, 3.8) is 0 Å². The van der Waals surface area contributed by atoms with E-state index in [1.54, 1.807) is 0 Å². The number of hydrogen-bond acceptors (Lipinski definition) is 5. The van der Waals surface area contributed by atoms with E-state index < -0.39 is 99.6 Å². The fourth-order valence-electron chi connectivity index (χ4n) is 6.39. The second-order valence-corrected chi connectivity index (χ2v) is 12.6. The zero-order chi connectivity index (χ0) is 35.5. The average molecular weight is 686 g/mol. The molecule has 1 atom stereocenters. The van der Waals surface area contributed by atoms with Gasteiger partial charge in [-0.3, -0.25) is 4.79 Å². The third-order valence-corrected chi connectivity index (χ3v) is 8.23. The first-order valence-corrected chi connectivity index (χ1v) is 14.9. The maximum atomic E-state index is 15.6. The largest absolute Gasteiger partial charge is 0.490 e. The Morgan fingerprint density at radius 3 is 2.10 bits per heavy atom. The highest BCUT2D eigenvalue weighted by atomic mass is 19.4. The van der Waals surface area contributed by atoms with E-state index in [0.717, 1.165) is 24.1 Å². The Morgan fingerprint density at radius 2 is 1.54 bits per heavy atom. The minimum atomic E-state index is -5.42. The molecule has 0 aliphatic carbocycles. The Bertz CT molecular complexity index is 1790. The molecule has 0 fully saturated rings. The highest BCUT2D eigenvalue weighted by molar-refractivity contribution is 5.95. The van der Waals surface area contributed by atoms with Crippen LogP contribution in [0.3, 0.4) is 0 Å². The average Bonchev–Trinajstić information content (AvgIpc) is 3.42. The molecule has 0 spiro atoms. The monoisotopic (exact) mass is 685 g/mol. The summed E-state index contributed by atoms with van der Waals surface area (Å²) in [6, 6.07) is 4.84. The molecule has 5 rings (SSSR count). The number of benzene rings is 3. The molecule has 48 heavy (non-hydrogen) atoms. The van der Waals surface area contributed by atoms with Crippen LogP contribution in [0.5, 0.6) is 5.75 Å². The highest BCUT2D eigenvalue weighted by Gasteiger charge is 2.51. The van der Waals surface area contributed by atoms with Crippen LogP contribution in [0.25, 0.3) is 11.1 Å². The van der Waals surface area contributed by atoms with Crippen molar-refractivity contribution in [2.45, 2.75) is 77.7 Å². The lowest BCUT2D eigenvalue weighted by Crippen LogP contribution is -2.32. The number of methoxy groups -OCH3 is 1. The first kappa shape index (κ1) is 35.1. The number of nitrogens with zero attached hydrogens (tertiary/aromatic N) is 1. The molecule has 0 bridgehead atoms. The Balaban J connectivity index is 1.96. The maximum absolute atomic E-state index is 15.6. The van der Waals surface area contributed by atoms with Gasteiger partial charge in [0.25, 0.3) is 5.91 Å². The minimum absolute atomic E-state index is 0.0102. The normalized spacial score (nSPS) is 15.5. The highest BCUT2D eigenvalue weighted by Crippen LogP contribution is 2.54. The van der Waals surface area contributed by atoms with Gasteiger partial charge in [-0.25, -0.2) is 13.6 Å². The molecule has 0 N–H and O–H groups in total. The molecular weight excluding hydrogens is 654 g/mol. The standard InChI is InChI=1S/C34H31F8NO5/c1-16-19-10-7-11-47-28(19)23(36)13-20(16)24-25(29(31(45)46-5)48-32(2,3)4)27(34(40,41)42)22-15-43(14-21(22)26(24)33(37,38)39)30(44)17-8-6-9-18(35)12-17/h6,8-9,12-13,29H,7,10-11,14-15H2,1-5H3/t29-/m0/s1. The zero-order valence-corrected chi connectivity index (χ0v) is 26.5. The molecule has 0 unspecified atom stereocenters. The van der Waals surface area contributed by atoms with Crippen molar-refractivity contribution in [1.29, 1.82) is 0 Å². The van der Waals surface area contributed by atoms with Crippen molar-refractivity contribution in [2.24, 2.45) is 0 Å². The van der Waals surface area contributed by atoms with Crippen molar-refractivity contribution in [1.82, 2.24) is 4.90 Å². The van der Waals surface area contributed by atoms with Crippen LogP contribution in [-0.4, -0.2) is 36.1 Å². The number of carbonyl (C=O) groups is 2. The van der Waals surface area contributed by atoms with Crippen LogP contribution in [-0.2, 0) is 46.1 Å². The predicted molar refractivity (Wildman–Crippen MR) is 156 cm³/mol. The zero-order valence-electron chi connectivity index (χ0n) is 26.5. The van der Waals surface area contributed by atoms with E-state index in [1.165, 1.54) is 39.8 Å². The summed E-state index contributed by atoms with van der Waals surface area (Å²) < 4.78 is 138. The molecule has 0 saturated heterocycles. The lowest BCUT2D eigenvalue weighted by atomic mass is 9.79. The minimum Gasteiger partial charge on any atom is -0.490 e. The Labute approximate surface area is 270 Å². The van der Waals surface area contributed by atoms with Crippen molar-refractivity contribution in [2.75, 3.05) is 13.7 Å². The molecule has 3 aromatic carbocycles. The van der Waals surface area contributed by atoms with Gasteiger partial charge >= 0.3 is 18.3 Å². The molecule has 0 saturated carbocycles. The van der Waals surface area contributed by atoms with Gasteiger partial charge in [-0.1, -0.05) is 6.07 Å². The number of carbonyl (C=O) groups excluding carboxylic acids is 2. The van der Waals surface area contributed by atoms with E-state index in [4.69, 9.17) is 14.2 Å². The number of ether oxygens (including phenoxy) is 3. The van der Waals surface area contributed by atoms with Gasteiger partial charge in [-0.05, 0) is 87.1 Å². The molecule has 258 valence electrons. The number of fused-ring (bicyclic) bond motifs is 2. The quantitative estimate of drug-likeness (QED) is 0.199. The summed E-state index contributed by atoms with van der Waals surface area (Å²) in [5.74, 6) is -4.64. The second-order valence-electron chi connectivity index (χ2n) is 12.6. The Kier molecular flexibility index (Phi) is 9.04. The van der Waals surface area contributed by atoms with Crippen LogP contribution in [0.15, 0.2) is 30.3 Å². The number of esters is 1. The molecule has 3 aromatic rings. The summed E-state index contributed by atoms with van der Waals surface area (Å²) in [6.07, 6.45) is -12.7. The summed E-state index contributed by atoms with van der Waals surface area (Å²) >= 11 is 0. The van der Waals surface area contributed by atoms with Crippen LogP contribution in [0.1, 0.15) is 82.6 Å². The summed E-state index contributed by atoms with van der Waals surface area (Å²) in [6.45, 7) is 3.69. The van der Waals surface area contributed by atoms with Crippen LogP contribution < -0.4 is 4.74 Å². The van der Waals surface area contributed by atoms with Gasteiger partial charge < -0.3 is 19.1 Å². The molecule has 0 aromatic heterocycles. The van der Waals surface area contributed by atoms with Gasteiger partial charge in [0, 0.05) is 35.3 Å². The summed E-state index contributed by atoms with van der Waals surface area (Å²) in [7, 11) is 0.840. The van der Waals surface area contributed by atoms with Crippen LogP contribution >= 0.6 is 0 Å². The van der Waals surface area contributed by atoms with Crippen molar-refractivity contribution < 1.29 is 58.9 Å². The lowest BCUT2D eigenvalue weighted by molar-refractivity contribution is -0.166. The Morgan fingerprint density at radius 1 is 0.917 bits per heavy atom. The molecule has 6 nitrogen and oxygen atoms in total. The SMILES string of the molecule is COC(=O)[C@@H](OC(C)(C)C)c1c(-c2cc(F)c3c(c2C)CCCO3)c(C(F)(F)F)c2c(c1C(F)(F)F)CN(C(=O)c1cccc(F)c1)C2. The fourth-order valence-corrected chi connectivity index (χ4v) is 6.39. The molecular formula is C34H31F8NO5. The molecule has 14 heteroatoms. The van der Waals surface area contributed by atoms with E-state index in [0.29, 0.717) is 12.5 Å². The summed E-state index contributed by atoms with van der Waals surface area (Å²) in [5.41, 5.74) is -9.52. The number of halogens is 8. The van der Waals surface area contributed by atoms with E-state index in [2.05, 4.69) is 0 Å². The maximum Gasteiger partial charge on any atom is 0.417 e. The smallest absolute Gasteiger partial charge is 0.417 e. The van der Waals surface area contributed by atoms with E-state index >= 15 is 30.7 Å². The van der Waals surface area contributed by atoms with Crippen LogP contribution in [0, 0.1) is 18.6 Å². The molecule has 2 aliphatic rings. The topological polar surface area (TPSA) is 65.1 Å².